The summed E-state index contributed by atoms with van der Waals surface area (Å²) in [6, 6.07) is 21.8. The number of nitrogens with zero attached hydrogens (tertiary/aromatic N) is 2. The van der Waals surface area contributed by atoms with E-state index in [0.29, 0.717) is 34.0 Å². The summed E-state index contributed by atoms with van der Waals surface area (Å²) in [4.78, 5) is 58.4. The normalized spacial score (nSPS) is 14.8. The van der Waals surface area contributed by atoms with E-state index in [4.69, 9.17) is 18.9 Å². The van der Waals surface area contributed by atoms with E-state index in [0.717, 1.165) is 30.6 Å². The minimum atomic E-state index is -0.794. The molecule has 4 aromatic rings. The summed E-state index contributed by atoms with van der Waals surface area (Å²) in [7, 11) is 3.34. The van der Waals surface area contributed by atoms with Crippen LogP contribution in [0.1, 0.15) is 51.3 Å². The van der Waals surface area contributed by atoms with Crippen LogP contribution in [-0.2, 0) is 19.1 Å². The fourth-order valence-corrected chi connectivity index (χ4v) is 7.68. The van der Waals surface area contributed by atoms with E-state index < -0.39 is 23.5 Å². The SMILES string of the molecule is CN1C(=O)C2=C(c3ccc(-c4cccc(OC(=O)OC(C)(C)C)c4)s3)N(C)C(=O)C2=C1c1ccc(-c2cccc(OC(=O)OC(C)(C)C)c2)s1. The van der Waals surface area contributed by atoms with Crippen LogP contribution in [0.15, 0.2) is 83.9 Å². The fraction of sp³-hybridized carbons (Fsp3) is 0.263. The van der Waals surface area contributed by atoms with Gasteiger partial charge in [-0.05, 0) is 101 Å². The Balaban J connectivity index is 1.29. The molecule has 12 heteroatoms. The monoisotopic (exact) mass is 712 g/mol. The highest BCUT2D eigenvalue weighted by molar-refractivity contribution is 7.17. The lowest BCUT2D eigenvalue weighted by Gasteiger charge is -2.18. The van der Waals surface area contributed by atoms with E-state index in [9.17, 15) is 19.2 Å². The molecule has 2 aromatic heterocycles. The van der Waals surface area contributed by atoms with E-state index in [1.165, 1.54) is 32.5 Å². The highest BCUT2D eigenvalue weighted by atomic mass is 32.1. The molecule has 0 radical (unpaired) electrons. The van der Waals surface area contributed by atoms with Crippen LogP contribution in [0.25, 0.3) is 32.3 Å². The van der Waals surface area contributed by atoms with Gasteiger partial charge in [0.1, 0.15) is 22.7 Å². The zero-order valence-corrected chi connectivity index (χ0v) is 30.5. The number of fused-ring (bicyclic) bond motifs is 1. The van der Waals surface area contributed by atoms with Gasteiger partial charge in [-0.2, -0.15) is 0 Å². The number of ether oxygens (including phenoxy) is 4. The third-order valence-corrected chi connectivity index (χ3v) is 9.81. The van der Waals surface area contributed by atoms with Crippen molar-refractivity contribution in [1.29, 1.82) is 0 Å². The lowest BCUT2D eigenvalue weighted by atomic mass is 10.1. The Morgan fingerprint density at radius 3 is 1.28 bits per heavy atom. The van der Waals surface area contributed by atoms with E-state index >= 15 is 0 Å². The van der Waals surface area contributed by atoms with Crippen LogP contribution in [0.2, 0.25) is 0 Å². The third-order valence-electron chi connectivity index (χ3n) is 7.53. The molecule has 0 saturated heterocycles. The first-order chi connectivity index (χ1) is 23.5. The van der Waals surface area contributed by atoms with Crippen molar-refractivity contribution >= 4 is 58.2 Å². The van der Waals surface area contributed by atoms with Crippen molar-refractivity contribution in [1.82, 2.24) is 9.80 Å². The quantitative estimate of drug-likeness (QED) is 0.144. The van der Waals surface area contributed by atoms with E-state index in [-0.39, 0.29) is 11.8 Å². The predicted octanol–water partition coefficient (Wildman–Crippen LogP) is 8.84. The van der Waals surface area contributed by atoms with Crippen LogP contribution in [0.5, 0.6) is 11.5 Å². The zero-order chi connectivity index (χ0) is 36.1. The minimum Gasteiger partial charge on any atom is -0.428 e. The van der Waals surface area contributed by atoms with Crippen molar-refractivity contribution in [3.63, 3.8) is 0 Å². The first-order valence-corrected chi connectivity index (χ1v) is 17.4. The average Bonchev–Trinajstić information content (AvgIpc) is 3.79. The van der Waals surface area contributed by atoms with Crippen molar-refractivity contribution < 1.29 is 38.1 Å². The van der Waals surface area contributed by atoms with E-state index in [1.54, 1.807) is 92.0 Å². The first kappa shape index (κ1) is 34.7. The number of benzene rings is 2. The summed E-state index contributed by atoms with van der Waals surface area (Å²) >= 11 is 2.85. The number of hydrogen-bond acceptors (Lipinski definition) is 10. The molecule has 6 rings (SSSR count). The smallest absolute Gasteiger partial charge is 0.428 e. The Morgan fingerprint density at radius 1 is 0.560 bits per heavy atom. The summed E-state index contributed by atoms with van der Waals surface area (Å²) in [6.07, 6.45) is -1.59. The summed E-state index contributed by atoms with van der Waals surface area (Å²) < 4.78 is 21.3. The van der Waals surface area contributed by atoms with Gasteiger partial charge >= 0.3 is 12.3 Å². The van der Waals surface area contributed by atoms with Crippen molar-refractivity contribution in [3.05, 3.63) is 93.7 Å². The third kappa shape index (κ3) is 7.08. The minimum absolute atomic E-state index is 0.270. The molecular weight excluding hydrogens is 677 g/mol. The van der Waals surface area contributed by atoms with Crippen LogP contribution in [0, 0.1) is 0 Å². The molecule has 2 aliphatic heterocycles. The molecule has 0 N–H and O–H groups in total. The molecule has 0 atom stereocenters. The van der Waals surface area contributed by atoms with Gasteiger partial charge in [-0.3, -0.25) is 9.59 Å². The number of rotatable bonds is 6. The molecule has 0 saturated carbocycles. The molecule has 2 amide bonds. The van der Waals surface area contributed by atoms with Gasteiger partial charge in [0.25, 0.3) is 11.8 Å². The Kier molecular flexibility index (Phi) is 8.96. The van der Waals surface area contributed by atoms with E-state index in [2.05, 4.69) is 0 Å². The van der Waals surface area contributed by atoms with Crippen LogP contribution >= 0.6 is 22.7 Å². The lowest BCUT2D eigenvalue weighted by molar-refractivity contribution is -0.123. The topological polar surface area (TPSA) is 112 Å². The highest BCUT2D eigenvalue weighted by Crippen LogP contribution is 2.49. The summed E-state index contributed by atoms with van der Waals surface area (Å²) in [6.45, 7) is 10.6. The standard InChI is InChI=1S/C38H36N2O8S2/c1-37(2,3)47-35(43)45-23-13-9-11-21(19-23)25-15-17-27(49-25)31-29-30(34(42)39(31)7)32(40(8)33(29)41)28-18-16-26(50-28)22-12-10-14-24(20-22)46-36(44)48-38(4,5)6/h9-20H,1-8H3. The molecule has 50 heavy (non-hydrogen) atoms. The van der Waals surface area contributed by atoms with Crippen LogP contribution in [0.4, 0.5) is 9.59 Å². The number of likely N-dealkylation sites (N-methyl/N-ethyl adjacent to an activating group) is 2. The molecule has 0 unspecified atom stereocenters. The molecule has 2 aliphatic rings. The van der Waals surface area contributed by atoms with E-state index in [1.807, 2.05) is 36.4 Å². The Hall–Kier alpha value is -5.20. The van der Waals surface area contributed by atoms with Gasteiger partial charge in [0.15, 0.2) is 0 Å². The van der Waals surface area contributed by atoms with Crippen LogP contribution < -0.4 is 9.47 Å². The second-order valence-electron chi connectivity index (χ2n) is 13.7. The molecule has 0 aliphatic carbocycles. The number of amides is 2. The maximum atomic E-state index is 13.8. The fourth-order valence-electron chi connectivity index (χ4n) is 5.50. The molecule has 0 bridgehead atoms. The van der Waals surface area contributed by atoms with Gasteiger partial charge < -0.3 is 28.7 Å². The number of thiophene rings is 2. The first-order valence-electron chi connectivity index (χ1n) is 15.8. The molecule has 0 spiro atoms. The summed E-state index contributed by atoms with van der Waals surface area (Å²) in [5.74, 6) is 0.130. The van der Waals surface area contributed by atoms with Crippen molar-refractivity contribution in [2.45, 2.75) is 52.7 Å². The number of hydrogen-bond donors (Lipinski definition) is 0. The highest BCUT2D eigenvalue weighted by Gasteiger charge is 2.47. The molecule has 0 fully saturated rings. The molecule has 258 valence electrons. The van der Waals surface area contributed by atoms with Gasteiger partial charge in [-0.1, -0.05) is 24.3 Å². The Bertz CT molecular complexity index is 1960. The van der Waals surface area contributed by atoms with Gasteiger partial charge in [0.05, 0.1) is 32.3 Å². The Morgan fingerprint density at radius 2 is 0.920 bits per heavy atom. The van der Waals surface area contributed by atoms with Crippen molar-refractivity contribution in [2.75, 3.05) is 14.1 Å². The molecule has 2 aromatic carbocycles. The molecule has 10 nitrogen and oxygen atoms in total. The number of carbonyl (C=O) groups excluding carboxylic acids is 4. The van der Waals surface area contributed by atoms with Gasteiger partial charge in [0.2, 0.25) is 0 Å². The summed E-state index contributed by atoms with van der Waals surface area (Å²) in [5, 5.41) is 0. The van der Waals surface area contributed by atoms with Gasteiger partial charge in [-0.25, -0.2) is 9.59 Å². The molecular formula is C38H36N2O8S2. The maximum absolute atomic E-state index is 13.8. The summed E-state index contributed by atoms with van der Waals surface area (Å²) in [5.41, 5.74) is 2.02. The predicted molar refractivity (Wildman–Crippen MR) is 193 cm³/mol. The second-order valence-corrected chi connectivity index (χ2v) is 15.9. The number of carbonyl (C=O) groups is 4. The van der Waals surface area contributed by atoms with Crippen molar-refractivity contribution in [2.24, 2.45) is 0 Å². The zero-order valence-electron chi connectivity index (χ0n) is 28.9. The van der Waals surface area contributed by atoms with Crippen LogP contribution in [-0.4, -0.2) is 59.2 Å². The van der Waals surface area contributed by atoms with Crippen molar-refractivity contribution in [3.8, 4) is 32.4 Å². The second kappa shape index (κ2) is 12.9. The van der Waals surface area contributed by atoms with Gasteiger partial charge in [0, 0.05) is 23.8 Å². The average molecular weight is 713 g/mol. The van der Waals surface area contributed by atoms with Crippen LogP contribution in [0.3, 0.4) is 0 Å². The van der Waals surface area contributed by atoms with Gasteiger partial charge in [-0.15, -0.1) is 22.7 Å². The Labute approximate surface area is 298 Å². The maximum Gasteiger partial charge on any atom is 0.514 e. The largest absolute Gasteiger partial charge is 0.514 e. The lowest BCUT2D eigenvalue weighted by Crippen LogP contribution is -2.25. The molecule has 4 heterocycles.